The monoisotopic (exact) mass is 482 g/mol. The van der Waals surface area contributed by atoms with E-state index in [0.29, 0.717) is 0 Å². The molecule has 0 aromatic rings. The fraction of sp³-hybridized carbons (Fsp3) is 1.00. The topological polar surface area (TPSA) is 124 Å². The molecule has 0 aliphatic carbocycles. The van der Waals surface area contributed by atoms with E-state index in [-0.39, 0.29) is 42.8 Å². The van der Waals surface area contributed by atoms with E-state index in [2.05, 4.69) is 13.8 Å². The van der Waals surface area contributed by atoms with Gasteiger partial charge in [-0.25, -0.2) is 0 Å². The van der Waals surface area contributed by atoms with Crippen LogP contribution < -0.4 is 0 Å². The van der Waals surface area contributed by atoms with Crippen molar-refractivity contribution in [2.24, 2.45) is 0 Å². The van der Waals surface area contributed by atoms with Crippen LogP contribution >= 0.6 is 0 Å². The van der Waals surface area contributed by atoms with Gasteiger partial charge in [-0.1, -0.05) is 104 Å². The van der Waals surface area contributed by atoms with Gasteiger partial charge in [-0.05, 0) is 12.8 Å². The fourth-order valence-corrected chi connectivity index (χ4v) is 2.78. The minimum absolute atomic E-state index is 0. The zero-order chi connectivity index (χ0) is 23.3. The van der Waals surface area contributed by atoms with Crippen LogP contribution in [0, 0.1) is 0 Å². The molecule has 31 heavy (non-hydrogen) atoms. The van der Waals surface area contributed by atoms with Gasteiger partial charge >= 0.3 is 40.0 Å². The molecule has 9 heteroatoms. The van der Waals surface area contributed by atoms with Gasteiger partial charge in [-0.3, -0.25) is 9.11 Å². The summed E-state index contributed by atoms with van der Waals surface area (Å²) in [6.45, 7) is 6.30. The number of rotatable bonds is 19. The second kappa shape index (κ2) is 35.3. The quantitative estimate of drug-likeness (QED) is 0.117. The van der Waals surface area contributed by atoms with Crippen LogP contribution in [0.3, 0.4) is 0 Å². The van der Waals surface area contributed by atoms with Crippen LogP contribution in [0.1, 0.15) is 117 Å². The first-order valence-electron chi connectivity index (χ1n) is 11.8. The van der Waals surface area contributed by atoms with Crippen molar-refractivity contribution in [3.63, 3.8) is 0 Å². The molecule has 0 unspecified atom stereocenters. The van der Waals surface area contributed by atoms with Crippen molar-refractivity contribution in [3.8, 4) is 0 Å². The molecule has 0 saturated carbocycles. The fourth-order valence-electron chi connectivity index (χ4n) is 2.78. The molecule has 0 aromatic heterocycles. The van der Waals surface area contributed by atoms with Gasteiger partial charge in [0.25, 0.3) is 0 Å². The van der Waals surface area contributed by atoms with E-state index in [1.807, 2.05) is 0 Å². The van der Waals surface area contributed by atoms with E-state index < -0.39 is 10.4 Å². The van der Waals surface area contributed by atoms with Gasteiger partial charge in [-0.2, -0.15) is 8.42 Å². The normalized spacial score (nSPS) is 10.4. The molecule has 0 saturated heterocycles. The molecular formula is C22H51NaO7S. The second-order valence-corrected chi connectivity index (χ2v) is 8.35. The molecule has 4 N–H and O–H groups in total. The van der Waals surface area contributed by atoms with Crippen LogP contribution in [0.2, 0.25) is 0 Å². The third kappa shape index (κ3) is 65.2. The Kier molecular flexibility index (Phi) is 44.4. The second-order valence-electron chi connectivity index (χ2n) is 7.46. The Labute approximate surface area is 214 Å². The van der Waals surface area contributed by atoms with E-state index in [0.717, 1.165) is 13.2 Å². The number of unbranched alkanes of at least 4 members (excludes halogenated alkanes) is 14. The van der Waals surface area contributed by atoms with E-state index in [1.165, 1.54) is 103 Å². The van der Waals surface area contributed by atoms with Gasteiger partial charge in [0.15, 0.2) is 0 Å². The Hall–Kier alpha value is 0.750. The average molecular weight is 483 g/mol. The summed E-state index contributed by atoms with van der Waals surface area (Å²) in [6.07, 6.45) is 22.2. The Balaban J connectivity index is -0.000000306. The number of ether oxygens (including phenoxy) is 1. The molecule has 0 aromatic carbocycles. The van der Waals surface area contributed by atoms with Gasteiger partial charge in [0.2, 0.25) is 0 Å². The number of hydrogen-bond donors (Lipinski definition) is 4. The third-order valence-corrected chi connectivity index (χ3v) is 4.38. The zero-order valence-corrected chi connectivity index (χ0v) is 20.4. The number of hydrogen-bond acceptors (Lipinski definition) is 5. The SMILES string of the molecule is CCCCCCCCCCOCCCCCCCCCC.O=S(=O)(O)O.OCCO.[NaH]. The predicted molar refractivity (Wildman–Crippen MR) is 132 cm³/mol. The standard InChI is InChI=1S/C20H42O.C2H6O2.Na.H2O4S.H/c1-3-5-7-9-11-13-15-17-19-21-20-18-16-14-12-10-8-6-4-2;3-1-2-4;;1-5(2,3)4;/h3-20H2,1-2H3;3-4H,1-2H2;;(H2,1,2,3,4);. The Bertz CT molecular complexity index is 354. The van der Waals surface area contributed by atoms with Gasteiger partial charge in [-0.15, -0.1) is 0 Å². The molecule has 0 radical (unpaired) electrons. The first kappa shape index (κ1) is 39.0. The first-order chi connectivity index (χ1) is 14.3. The van der Waals surface area contributed by atoms with Gasteiger partial charge < -0.3 is 14.9 Å². The van der Waals surface area contributed by atoms with Crippen LogP contribution in [-0.2, 0) is 15.1 Å². The molecule has 0 spiro atoms. The predicted octanol–water partition coefficient (Wildman–Crippen LogP) is 4.95. The Morgan fingerprint density at radius 2 is 0.774 bits per heavy atom. The molecule has 0 aliphatic heterocycles. The van der Waals surface area contributed by atoms with Gasteiger partial charge in [0.05, 0.1) is 13.2 Å². The van der Waals surface area contributed by atoms with Crippen LogP contribution in [0.4, 0.5) is 0 Å². The summed E-state index contributed by atoms with van der Waals surface area (Å²) in [5.41, 5.74) is 0. The minimum atomic E-state index is -4.67. The summed E-state index contributed by atoms with van der Waals surface area (Å²) < 4.78 is 37.3. The molecule has 0 heterocycles. The van der Waals surface area contributed by atoms with E-state index >= 15 is 0 Å². The molecule has 0 aliphatic rings. The maximum absolute atomic E-state index is 8.74. The van der Waals surface area contributed by atoms with E-state index in [4.69, 9.17) is 32.5 Å². The molecule has 0 bridgehead atoms. The summed E-state index contributed by atoms with van der Waals surface area (Å²) in [7, 11) is -4.67. The van der Waals surface area contributed by atoms with Crippen molar-refractivity contribution in [3.05, 3.63) is 0 Å². The summed E-state index contributed by atoms with van der Waals surface area (Å²) >= 11 is 0. The molecule has 0 amide bonds. The van der Waals surface area contributed by atoms with Crippen molar-refractivity contribution in [2.45, 2.75) is 117 Å². The van der Waals surface area contributed by atoms with Crippen molar-refractivity contribution in [2.75, 3.05) is 26.4 Å². The van der Waals surface area contributed by atoms with Crippen molar-refractivity contribution in [1.82, 2.24) is 0 Å². The molecule has 0 rings (SSSR count). The van der Waals surface area contributed by atoms with Crippen LogP contribution in [0.25, 0.3) is 0 Å². The summed E-state index contributed by atoms with van der Waals surface area (Å²) in [6, 6.07) is 0. The van der Waals surface area contributed by atoms with Crippen LogP contribution in [-0.4, -0.2) is 83.7 Å². The summed E-state index contributed by atoms with van der Waals surface area (Å²) in [5.74, 6) is 0. The number of aliphatic hydroxyl groups excluding tert-OH is 2. The molecule has 7 nitrogen and oxygen atoms in total. The summed E-state index contributed by atoms with van der Waals surface area (Å²) in [5, 5.41) is 15.2. The Morgan fingerprint density at radius 3 is 1.00 bits per heavy atom. The van der Waals surface area contributed by atoms with Gasteiger partial charge in [0, 0.05) is 13.2 Å². The molecular weight excluding hydrogens is 431 g/mol. The van der Waals surface area contributed by atoms with Crippen molar-refractivity contribution in [1.29, 1.82) is 0 Å². The first-order valence-corrected chi connectivity index (χ1v) is 13.2. The molecule has 188 valence electrons. The molecule has 0 fully saturated rings. The van der Waals surface area contributed by atoms with Gasteiger partial charge in [0.1, 0.15) is 0 Å². The van der Waals surface area contributed by atoms with E-state index in [1.54, 1.807) is 0 Å². The number of aliphatic hydroxyl groups is 2. The summed E-state index contributed by atoms with van der Waals surface area (Å²) in [4.78, 5) is 0. The van der Waals surface area contributed by atoms with Crippen LogP contribution in [0.5, 0.6) is 0 Å². The van der Waals surface area contributed by atoms with Crippen LogP contribution in [0.15, 0.2) is 0 Å². The van der Waals surface area contributed by atoms with E-state index in [9.17, 15) is 0 Å². The Morgan fingerprint density at radius 1 is 0.548 bits per heavy atom. The average Bonchev–Trinajstić information content (AvgIpc) is 2.69. The van der Waals surface area contributed by atoms with Crippen molar-refractivity contribution >= 4 is 40.0 Å². The maximum atomic E-state index is 8.74. The third-order valence-electron chi connectivity index (χ3n) is 4.38. The molecule has 0 atom stereocenters. The zero-order valence-electron chi connectivity index (χ0n) is 19.6. The van der Waals surface area contributed by atoms with Crippen molar-refractivity contribution < 1.29 is 32.5 Å².